The Morgan fingerprint density at radius 2 is 2.17 bits per heavy atom. The highest BCUT2D eigenvalue weighted by Crippen LogP contribution is 2.22. The molecule has 1 atom stereocenters. The van der Waals surface area contributed by atoms with Crippen LogP contribution in [0.15, 0.2) is 18.2 Å². The van der Waals surface area contributed by atoms with Gasteiger partial charge in [-0.15, -0.1) is 0 Å². The first kappa shape index (κ1) is 19.0. The van der Waals surface area contributed by atoms with E-state index in [2.05, 4.69) is 10.2 Å². The summed E-state index contributed by atoms with van der Waals surface area (Å²) in [5.74, 6) is 0.610. The van der Waals surface area contributed by atoms with Crippen molar-refractivity contribution in [2.24, 2.45) is 0 Å². The number of hydrogen-bond donors (Lipinski definition) is 1. The summed E-state index contributed by atoms with van der Waals surface area (Å²) in [7, 11) is 0. The number of hydrogen-bond acceptors (Lipinski definition) is 4. The Morgan fingerprint density at radius 3 is 2.83 bits per heavy atom. The molecule has 0 saturated carbocycles. The van der Waals surface area contributed by atoms with Gasteiger partial charge in [0.25, 0.3) is 5.91 Å². The molecule has 1 amide bonds. The fourth-order valence-electron chi connectivity index (χ4n) is 2.63. The Balaban J connectivity index is 1.73. The predicted molar refractivity (Wildman–Crippen MR) is 95.8 cm³/mol. The summed E-state index contributed by atoms with van der Waals surface area (Å²) < 4.78 is 11.1. The van der Waals surface area contributed by atoms with E-state index in [1.54, 1.807) is 12.1 Å². The molecule has 1 unspecified atom stereocenters. The molecule has 0 aromatic heterocycles. The average molecular weight is 355 g/mol. The number of halogens is 1. The molecule has 0 aliphatic carbocycles. The van der Waals surface area contributed by atoms with Crippen LogP contribution in [0.4, 0.5) is 0 Å². The number of aryl methyl sites for hydroxylation is 1. The lowest BCUT2D eigenvalue weighted by atomic mass is 10.2. The number of rotatable bonds is 8. The van der Waals surface area contributed by atoms with Crippen molar-refractivity contribution in [2.75, 3.05) is 39.4 Å². The third-order valence-electron chi connectivity index (χ3n) is 4.13. The Hall–Kier alpha value is -1.30. The molecule has 6 heteroatoms. The van der Waals surface area contributed by atoms with E-state index < -0.39 is 6.10 Å². The zero-order chi connectivity index (χ0) is 17.4. The van der Waals surface area contributed by atoms with Crippen LogP contribution in [0.25, 0.3) is 0 Å². The lowest BCUT2D eigenvalue weighted by Crippen LogP contribution is -2.41. The second-order valence-corrected chi connectivity index (χ2v) is 6.43. The maximum atomic E-state index is 12.3. The zero-order valence-electron chi connectivity index (χ0n) is 14.5. The summed E-state index contributed by atoms with van der Waals surface area (Å²) in [4.78, 5) is 14.6. The maximum Gasteiger partial charge on any atom is 0.261 e. The van der Waals surface area contributed by atoms with E-state index in [4.69, 9.17) is 21.1 Å². The van der Waals surface area contributed by atoms with Crippen LogP contribution in [0.1, 0.15) is 25.3 Å². The lowest BCUT2D eigenvalue weighted by Gasteiger charge is -2.26. The number of nitrogens with one attached hydrogen (secondary N) is 1. The van der Waals surface area contributed by atoms with Gasteiger partial charge in [0.2, 0.25) is 0 Å². The number of morpholine rings is 1. The molecule has 1 aliphatic rings. The quantitative estimate of drug-likeness (QED) is 0.729. The smallest absolute Gasteiger partial charge is 0.261 e. The van der Waals surface area contributed by atoms with Gasteiger partial charge in [-0.25, -0.2) is 0 Å². The highest BCUT2D eigenvalue weighted by Gasteiger charge is 2.18. The first-order valence-electron chi connectivity index (χ1n) is 8.60. The highest BCUT2D eigenvalue weighted by atomic mass is 35.5. The van der Waals surface area contributed by atoms with E-state index in [9.17, 15) is 4.79 Å². The third-order valence-corrected chi connectivity index (χ3v) is 4.55. The molecule has 134 valence electrons. The third kappa shape index (κ3) is 5.96. The number of ether oxygens (including phenoxy) is 2. The van der Waals surface area contributed by atoms with Gasteiger partial charge in [0, 0.05) is 24.7 Å². The van der Waals surface area contributed by atoms with E-state index in [1.165, 1.54) is 0 Å². The van der Waals surface area contributed by atoms with Crippen molar-refractivity contribution in [3.63, 3.8) is 0 Å². The van der Waals surface area contributed by atoms with E-state index in [-0.39, 0.29) is 5.91 Å². The molecule has 5 nitrogen and oxygen atoms in total. The molecular weight excluding hydrogens is 328 g/mol. The standard InChI is InChI=1S/C18H27ClN2O3/c1-3-17(24-15-5-6-16(19)14(2)13-15)18(22)20-7-4-8-21-9-11-23-12-10-21/h5-6,13,17H,3-4,7-12H2,1-2H3,(H,20,22). The van der Waals surface area contributed by atoms with E-state index >= 15 is 0 Å². The van der Waals surface area contributed by atoms with Gasteiger partial charge in [-0.05, 0) is 50.1 Å². The Morgan fingerprint density at radius 1 is 1.42 bits per heavy atom. The van der Waals surface area contributed by atoms with Gasteiger partial charge in [0.15, 0.2) is 6.10 Å². The van der Waals surface area contributed by atoms with Crippen molar-refractivity contribution in [2.45, 2.75) is 32.8 Å². The van der Waals surface area contributed by atoms with Crippen molar-refractivity contribution < 1.29 is 14.3 Å². The van der Waals surface area contributed by atoms with Gasteiger partial charge in [-0.1, -0.05) is 18.5 Å². The van der Waals surface area contributed by atoms with Crippen LogP contribution in [-0.4, -0.2) is 56.3 Å². The van der Waals surface area contributed by atoms with Gasteiger partial charge < -0.3 is 14.8 Å². The maximum absolute atomic E-state index is 12.3. The molecule has 0 bridgehead atoms. The van der Waals surface area contributed by atoms with Crippen LogP contribution in [0.2, 0.25) is 5.02 Å². The van der Waals surface area contributed by atoms with Gasteiger partial charge in [-0.2, -0.15) is 0 Å². The number of nitrogens with zero attached hydrogens (tertiary/aromatic N) is 1. The van der Waals surface area contributed by atoms with E-state index in [0.717, 1.165) is 44.8 Å². The molecule has 1 aromatic carbocycles. The second kappa shape index (κ2) is 9.87. The normalized spacial score (nSPS) is 16.6. The number of carbonyl (C=O) groups excluding carboxylic acids is 1. The van der Waals surface area contributed by atoms with Crippen LogP contribution in [0, 0.1) is 6.92 Å². The predicted octanol–water partition coefficient (Wildman–Crippen LogP) is 2.64. The minimum absolute atomic E-state index is 0.0629. The van der Waals surface area contributed by atoms with Crippen molar-refractivity contribution in [3.8, 4) is 5.75 Å². The van der Waals surface area contributed by atoms with Crippen LogP contribution < -0.4 is 10.1 Å². The van der Waals surface area contributed by atoms with Crippen molar-refractivity contribution in [3.05, 3.63) is 28.8 Å². The van der Waals surface area contributed by atoms with Gasteiger partial charge in [0.05, 0.1) is 13.2 Å². The topological polar surface area (TPSA) is 50.8 Å². The largest absolute Gasteiger partial charge is 0.481 e. The summed E-state index contributed by atoms with van der Waals surface area (Å²) >= 11 is 6.02. The Kier molecular flexibility index (Phi) is 7.82. The minimum Gasteiger partial charge on any atom is -0.481 e. The zero-order valence-corrected chi connectivity index (χ0v) is 15.3. The van der Waals surface area contributed by atoms with Gasteiger partial charge >= 0.3 is 0 Å². The number of benzene rings is 1. The molecule has 1 aliphatic heterocycles. The molecular formula is C18H27ClN2O3. The number of amides is 1. The Bertz CT molecular complexity index is 533. The Labute approximate surface area is 149 Å². The van der Waals surface area contributed by atoms with Crippen LogP contribution in [-0.2, 0) is 9.53 Å². The second-order valence-electron chi connectivity index (χ2n) is 6.02. The van der Waals surface area contributed by atoms with Gasteiger partial charge in [0.1, 0.15) is 5.75 Å². The molecule has 0 radical (unpaired) electrons. The van der Waals surface area contributed by atoms with Crippen LogP contribution in [0.3, 0.4) is 0 Å². The van der Waals surface area contributed by atoms with Gasteiger partial charge in [-0.3, -0.25) is 9.69 Å². The summed E-state index contributed by atoms with van der Waals surface area (Å²) in [6, 6.07) is 5.44. The molecule has 1 heterocycles. The molecule has 1 fully saturated rings. The summed E-state index contributed by atoms with van der Waals surface area (Å²) in [5, 5.41) is 3.67. The van der Waals surface area contributed by atoms with Crippen LogP contribution >= 0.6 is 11.6 Å². The number of carbonyl (C=O) groups is 1. The summed E-state index contributed by atoms with van der Waals surface area (Å²) in [6.45, 7) is 9.07. The minimum atomic E-state index is -0.478. The van der Waals surface area contributed by atoms with E-state index in [1.807, 2.05) is 19.9 Å². The molecule has 0 spiro atoms. The first-order chi connectivity index (χ1) is 11.6. The molecule has 1 saturated heterocycles. The summed E-state index contributed by atoms with van der Waals surface area (Å²) in [5.41, 5.74) is 0.940. The van der Waals surface area contributed by atoms with Crippen molar-refractivity contribution in [1.29, 1.82) is 0 Å². The SMILES string of the molecule is CCC(Oc1ccc(Cl)c(C)c1)C(=O)NCCCN1CCOCC1. The average Bonchev–Trinajstić information content (AvgIpc) is 2.60. The highest BCUT2D eigenvalue weighted by molar-refractivity contribution is 6.31. The van der Waals surface area contributed by atoms with Crippen molar-refractivity contribution >= 4 is 17.5 Å². The molecule has 1 aromatic rings. The lowest BCUT2D eigenvalue weighted by molar-refractivity contribution is -0.128. The van der Waals surface area contributed by atoms with E-state index in [0.29, 0.717) is 23.7 Å². The monoisotopic (exact) mass is 354 g/mol. The molecule has 2 rings (SSSR count). The fraction of sp³-hybridized carbons (Fsp3) is 0.611. The molecule has 1 N–H and O–H groups in total. The van der Waals surface area contributed by atoms with Crippen LogP contribution in [0.5, 0.6) is 5.75 Å². The summed E-state index contributed by atoms with van der Waals surface area (Å²) in [6.07, 6.45) is 1.08. The first-order valence-corrected chi connectivity index (χ1v) is 8.98. The van der Waals surface area contributed by atoms with Crippen molar-refractivity contribution in [1.82, 2.24) is 10.2 Å². The fourth-order valence-corrected chi connectivity index (χ4v) is 2.75. The molecule has 24 heavy (non-hydrogen) atoms.